The molecule has 0 unspecified atom stereocenters. The number of likely N-dealkylation sites (tertiary alicyclic amines) is 2. The lowest BCUT2D eigenvalue weighted by Crippen LogP contribution is -2.49. The van der Waals surface area contributed by atoms with Crippen molar-refractivity contribution >= 4 is 22.7 Å². The lowest BCUT2D eigenvalue weighted by atomic mass is 9.93. The van der Waals surface area contributed by atoms with Crippen LogP contribution in [0.5, 0.6) is 0 Å². The van der Waals surface area contributed by atoms with Gasteiger partial charge in [0.1, 0.15) is 24.2 Å². The first-order valence-electron chi connectivity index (χ1n) is 11.4. The molecule has 8 nitrogen and oxygen atoms in total. The molecule has 1 aromatic carbocycles. The summed E-state index contributed by atoms with van der Waals surface area (Å²) in [6, 6.07) is -0.515. The van der Waals surface area contributed by atoms with Crippen molar-refractivity contribution in [2.75, 3.05) is 19.6 Å². The van der Waals surface area contributed by atoms with Crippen molar-refractivity contribution < 1.29 is 44.7 Å². The molecule has 3 aromatic rings. The Morgan fingerprint density at radius 3 is 2.45 bits per heavy atom. The Bertz CT molecular complexity index is 1410. The molecule has 0 aliphatic carbocycles. The van der Waals surface area contributed by atoms with E-state index in [0.717, 1.165) is 21.8 Å². The third-order valence-electron chi connectivity index (χ3n) is 6.74. The predicted molar refractivity (Wildman–Crippen MR) is 113 cm³/mol. The average molecular weight is 550 g/mol. The first-order chi connectivity index (χ1) is 17.8. The number of aromatic amines is 1. The number of halogens is 8. The van der Waals surface area contributed by atoms with E-state index in [0.29, 0.717) is 11.0 Å². The summed E-state index contributed by atoms with van der Waals surface area (Å²) in [5.41, 5.74) is -2.19. The van der Waals surface area contributed by atoms with Gasteiger partial charge in [-0.2, -0.15) is 36.5 Å². The maximum Gasteiger partial charge on any atom is 0.433 e. The van der Waals surface area contributed by atoms with Crippen molar-refractivity contribution in [3.05, 3.63) is 46.9 Å². The van der Waals surface area contributed by atoms with Crippen molar-refractivity contribution in [3.8, 4) is 0 Å². The highest BCUT2D eigenvalue weighted by molar-refractivity contribution is 5.96. The third-order valence-corrected chi connectivity index (χ3v) is 6.74. The van der Waals surface area contributed by atoms with Gasteiger partial charge in [0.15, 0.2) is 5.69 Å². The molecule has 2 saturated heterocycles. The number of amides is 2. The first kappa shape index (κ1) is 25.9. The summed E-state index contributed by atoms with van der Waals surface area (Å²) < 4.78 is 109. The Kier molecular flexibility index (Phi) is 6.10. The SMILES string of the molecule is O=C(c1cn[nH]c1C(F)(F)F)N1CC(c2nn(CC(=O)N3CCC[C@H]3C(F)(F)F)c3cc(F)cc(F)c23)C1. The molecule has 2 aromatic heterocycles. The molecule has 0 spiro atoms. The number of nitrogens with one attached hydrogen (secondary N) is 1. The number of aromatic nitrogens is 4. The second kappa shape index (κ2) is 8.94. The van der Waals surface area contributed by atoms with Gasteiger partial charge in [-0.25, -0.2) is 8.78 Å². The summed E-state index contributed by atoms with van der Waals surface area (Å²) in [6.45, 7) is -1.18. The van der Waals surface area contributed by atoms with Crippen molar-refractivity contribution in [2.45, 2.75) is 43.7 Å². The van der Waals surface area contributed by atoms with Crippen LogP contribution in [0, 0.1) is 11.6 Å². The smallest absolute Gasteiger partial charge is 0.337 e. The number of benzene rings is 1. The first-order valence-corrected chi connectivity index (χ1v) is 11.4. The minimum Gasteiger partial charge on any atom is -0.337 e. The topological polar surface area (TPSA) is 87.1 Å². The quantitative estimate of drug-likeness (QED) is 0.501. The molecular formula is C22H18F8N6O2. The summed E-state index contributed by atoms with van der Waals surface area (Å²) >= 11 is 0. The van der Waals surface area contributed by atoms with Crippen LogP contribution in [0.1, 0.15) is 40.5 Å². The summed E-state index contributed by atoms with van der Waals surface area (Å²) in [6.07, 6.45) is -8.86. The second-order valence-electron chi connectivity index (χ2n) is 9.17. The van der Waals surface area contributed by atoms with Crippen LogP contribution in [0.15, 0.2) is 18.3 Å². The van der Waals surface area contributed by atoms with Crippen LogP contribution in [0.3, 0.4) is 0 Å². The predicted octanol–water partition coefficient (Wildman–Crippen LogP) is 3.85. The van der Waals surface area contributed by atoms with Crippen molar-refractivity contribution in [1.82, 2.24) is 29.8 Å². The average Bonchev–Trinajstić information content (AvgIpc) is 3.51. The van der Waals surface area contributed by atoms with Crippen LogP contribution in [0.2, 0.25) is 0 Å². The molecule has 0 saturated carbocycles. The summed E-state index contributed by atoms with van der Waals surface area (Å²) in [5, 5.41) is 8.99. The molecule has 16 heteroatoms. The monoisotopic (exact) mass is 550 g/mol. The minimum atomic E-state index is -4.85. The van der Waals surface area contributed by atoms with Crippen LogP contribution < -0.4 is 0 Å². The van der Waals surface area contributed by atoms with Gasteiger partial charge in [0.2, 0.25) is 5.91 Å². The van der Waals surface area contributed by atoms with Gasteiger partial charge in [0, 0.05) is 37.7 Å². The largest absolute Gasteiger partial charge is 0.433 e. The molecule has 1 N–H and O–H groups in total. The molecule has 2 aliphatic heterocycles. The second-order valence-corrected chi connectivity index (χ2v) is 9.17. The Hall–Kier alpha value is -3.72. The van der Waals surface area contributed by atoms with Crippen LogP contribution in [0.4, 0.5) is 35.1 Å². The zero-order valence-electron chi connectivity index (χ0n) is 19.2. The number of carbonyl (C=O) groups excluding carboxylic acids is 2. The molecule has 1 atom stereocenters. The fourth-order valence-corrected chi connectivity index (χ4v) is 4.93. The maximum atomic E-state index is 14.8. The number of nitrogens with zero attached hydrogens (tertiary/aromatic N) is 5. The van der Waals surface area contributed by atoms with E-state index in [1.165, 1.54) is 0 Å². The van der Waals surface area contributed by atoms with Crippen LogP contribution in [0.25, 0.3) is 10.9 Å². The van der Waals surface area contributed by atoms with Gasteiger partial charge in [0.25, 0.3) is 5.91 Å². The molecule has 4 heterocycles. The minimum absolute atomic E-state index is 0.00591. The summed E-state index contributed by atoms with van der Waals surface area (Å²) in [4.78, 5) is 27.1. The number of fused-ring (bicyclic) bond motifs is 1. The zero-order chi connectivity index (χ0) is 27.6. The number of alkyl halides is 6. The van der Waals surface area contributed by atoms with Gasteiger partial charge in [-0.1, -0.05) is 0 Å². The van der Waals surface area contributed by atoms with Crippen molar-refractivity contribution in [3.63, 3.8) is 0 Å². The molecular weight excluding hydrogens is 532 g/mol. The van der Waals surface area contributed by atoms with E-state index in [1.54, 1.807) is 5.10 Å². The molecule has 38 heavy (non-hydrogen) atoms. The number of hydrogen-bond donors (Lipinski definition) is 1. The van der Waals surface area contributed by atoms with E-state index in [1.807, 2.05) is 0 Å². The number of hydrogen-bond acceptors (Lipinski definition) is 4. The fraction of sp³-hybridized carbons (Fsp3) is 0.455. The van der Waals surface area contributed by atoms with Gasteiger partial charge in [-0.3, -0.25) is 19.4 Å². The molecule has 0 bridgehead atoms. The Balaban J connectivity index is 1.40. The molecule has 2 amide bonds. The zero-order valence-corrected chi connectivity index (χ0v) is 19.2. The van der Waals surface area contributed by atoms with E-state index in [-0.39, 0.29) is 49.1 Å². The number of rotatable bonds is 4. The van der Waals surface area contributed by atoms with Crippen LogP contribution in [-0.4, -0.2) is 73.4 Å². The fourth-order valence-electron chi connectivity index (χ4n) is 4.93. The Morgan fingerprint density at radius 1 is 1.08 bits per heavy atom. The lowest BCUT2D eigenvalue weighted by Gasteiger charge is -2.38. The summed E-state index contributed by atoms with van der Waals surface area (Å²) in [7, 11) is 0. The highest BCUT2D eigenvalue weighted by Gasteiger charge is 2.48. The van der Waals surface area contributed by atoms with E-state index in [2.05, 4.69) is 10.2 Å². The van der Waals surface area contributed by atoms with Gasteiger partial charge >= 0.3 is 12.4 Å². The Labute approximate surface area is 208 Å². The van der Waals surface area contributed by atoms with E-state index < -0.39 is 65.6 Å². The van der Waals surface area contributed by atoms with E-state index in [4.69, 9.17) is 0 Å². The van der Waals surface area contributed by atoms with Crippen molar-refractivity contribution in [1.29, 1.82) is 0 Å². The third kappa shape index (κ3) is 4.45. The molecule has 204 valence electrons. The van der Waals surface area contributed by atoms with Gasteiger partial charge in [-0.15, -0.1) is 0 Å². The highest BCUT2D eigenvalue weighted by Crippen LogP contribution is 2.37. The molecule has 2 fully saturated rings. The highest BCUT2D eigenvalue weighted by atomic mass is 19.4. The molecule has 0 radical (unpaired) electrons. The molecule has 5 rings (SSSR count). The van der Waals surface area contributed by atoms with Gasteiger partial charge in [-0.05, 0) is 12.8 Å². The van der Waals surface area contributed by atoms with E-state index in [9.17, 15) is 44.7 Å². The number of carbonyl (C=O) groups is 2. The molecule has 2 aliphatic rings. The van der Waals surface area contributed by atoms with Gasteiger partial charge < -0.3 is 9.80 Å². The number of H-pyrrole nitrogens is 1. The van der Waals surface area contributed by atoms with Crippen molar-refractivity contribution in [2.24, 2.45) is 0 Å². The summed E-state index contributed by atoms with van der Waals surface area (Å²) in [5.74, 6) is -4.64. The van der Waals surface area contributed by atoms with Crippen LogP contribution >= 0.6 is 0 Å². The standard InChI is InChI=1S/C22H18F8N6O2/c23-11-4-13(24)17-14(5-11)36(9-16(37)35-3-1-2-15(35)21(25,26)27)33-18(17)10-7-34(8-10)20(38)12-6-31-32-19(12)22(28,29)30/h4-6,10,15H,1-3,7-9H2,(H,31,32)/t15-/m0/s1. The van der Waals surface area contributed by atoms with E-state index >= 15 is 0 Å². The van der Waals surface area contributed by atoms with Gasteiger partial charge in [0.05, 0.1) is 28.4 Å². The van der Waals surface area contributed by atoms with Crippen LogP contribution in [-0.2, 0) is 17.5 Å². The normalized spacial score (nSPS) is 18.9. The lowest BCUT2D eigenvalue weighted by molar-refractivity contribution is -0.183. The maximum absolute atomic E-state index is 14.8. The Morgan fingerprint density at radius 2 is 1.79 bits per heavy atom.